The highest BCUT2D eigenvalue weighted by atomic mass is 16.5. The molecule has 158 valence electrons. The normalized spacial score (nSPS) is 19.7. The summed E-state index contributed by atoms with van der Waals surface area (Å²) in [7, 11) is 0. The van der Waals surface area contributed by atoms with E-state index in [0.717, 1.165) is 66.1 Å². The Kier molecular flexibility index (Phi) is 4.46. The summed E-state index contributed by atoms with van der Waals surface area (Å²) in [5.41, 5.74) is 5.51. The first-order chi connectivity index (χ1) is 15.2. The summed E-state index contributed by atoms with van der Waals surface area (Å²) < 4.78 is 5.52. The summed E-state index contributed by atoms with van der Waals surface area (Å²) in [4.78, 5) is 22.6. The van der Waals surface area contributed by atoms with E-state index in [-0.39, 0.29) is 5.91 Å². The second kappa shape index (κ2) is 7.34. The van der Waals surface area contributed by atoms with E-state index in [2.05, 4.69) is 41.3 Å². The lowest BCUT2D eigenvalue weighted by Crippen LogP contribution is -2.54. The minimum atomic E-state index is 0.163. The standard InChI is InChI=1S/C26H27N3O2/c30-25-24-20(6-3-8-23(24)29-13-4-12-26(16-29)17-31-18-26)15-28(25)14-11-21-10-9-19-5-1-2-7-22(19)27-21/h1-3,5-10H,4,11-18H2. The second-order valence-electron chi connectivity index (χ2n) is 9.30. The van der Waals surface area contributed by atoms with Crippen molar-refractivity contribution in [1.29, 1.82) is 0 Å². The van der Waals surface area contributed by atoms with Gasteiger partial charge in [-0.05, 0) is 36.6 Å². The van der Waals surface area contributed by atoms with Gasteiger partial charge >= 0.3 is 0 Å². The minimum absolute atomic E-state index is 0.163. The predicted molar refractivity (Wildman–Crippen MR) is 121 cm³/mol. The number of carbonyl (C=O) groups excluding carboxylic acids is 1. The van der Waals surface area contributed by atoms with Crippen LogP contribution in [0, 0.1) is 5.41 Å². The number of benzene rings is 2. The molecule has 0 saturated carbocycles. The molecule has 0 atom stereocenters. The Morgan fingerprint density at radius 2 is 1.94 bits per heavy atom. The number of ether oxygens (including phenoxy) is 1. The van der Waals surface area contributed by atoms with Crippen LogP contribution >= 0.6 is 0 Å². The summed E-state index contributed by atoms with van der Waals surface area (Å²) in [5.74, 6) is 0.163. The number of hydrogen-bond donors (Lipinski definition) is 0. The molecule has 3 aliphatic heterocycles. The molecule has 1 amide bonds. The fourth-order valence-electron chi connectivity index (χ4n) is 5.38. The van der Waals surface area contributed by atoms with Crippen molar-refractivity contribution in [2.75, 3.05) is 37.7 Å². The van der Waals surface area contributed by atoms with E-state index in [0.29, 0.717) is 18.5 Å². The number of nitrogens with zero attached hydrogens (tertiary/aromatic N) is 3. The first-order valence-corrected chi connectivity index (χ1v) is 11.3. The monoisotopic (exact) mass is 413 g/mol. The van der Waals surface area contributed by atoms with E-state index in [1.54, 1.807) is 0 Å². The maximum atomic E-state index is 13.4. The minimum Gasteiger partial charge on any atom is -0.380 e. The molecule has 1 spiro atoms. The lowest BCUT2D eigenvalue weighted by molar-refractivity contribution is -0.117. The van der Waals surface area contributed by atoms with Crippen molar-refractivity contribution in [1.82, 2.24) is 9.88 Å². The van der Waals surface area contributed by atoms with Crippen LogP contribution in [0.4, 0.5) is 5.69 Å². The molecule has 2 saturated heterocycles. The Bertz CT molecular complexity index is 1150. The Morgan fingerprint density at radius 1 is 1.03 bits per heavy atom. The maximum Gasteiger partial charge on any atom is 0.256 e. The SMILES string of the molecule is O=C1c2c(cccc2N2CCCC3(COC3)C2)CN1CCc1ccc2ccccc2n1. The molecule has 5 nitrogen and oxygen atoms in total. The van der Waals surface area contributed by atoms with Crippen LogP contribution in [0.15, 0.2) is 54.6 Å². The summed E-state index contributed by atoms with van der Waals surface area (Å²) in [6.45, 7) is 5.12. The number of amides is 1. The third kappa shape index (κ3) is 3.28. The number of aromatic nitrogens is 1. The van der Waals surface area contributed by atoms with E-state index in [1.807, 2.05) is 23.1 Å². The zero-order valence-electron chi connectivity index (χ0n) is 17.7. The molecular formula is C26H27N3O2. The summed E-state index contributed by atoms with van der Waals surface area (Å²) >= 11 is 0. The van der Waals surface area contributed by atoms with E-state index >= 15 is 0 Å². The Balaban J connectivity index is 1.20. The van der Waals surface area contributed by atoms with E-state index in [9.17, 15) is 4.79 Å². The molecule has 2 aromatic carbocycles. The van der Waals surface area contributed by atoms with Crippen molar-refractivity contribution in [3.63, 3.8) is 0 Å². The van der Waals surface area contributed by atoms with Crippen LogP contribution in [0.3, 0.4) is 0 Å². The number of carbonyl (C=O) groups is 1. The number of pyridine rings is 1. The van der Waals surface area contributed by atoms with Crippen molar-refractivity contribution < 1.29 is 9.53 Å². The van der Waals surface area contributed by atoms with Gasteiger partial charge in [-0.1, -0.05) is 36.4 Å². The molecule has 0 radical (unpaired) electrons. The van der Waals surface area contributed by atoms with Gasteiger partial charge in [0, 0.05) is 54.8 Å². The van der Waals surface area contributed by atoms with Crippen molar-refractivity contribution >= 4 is 22.5 Å². The number of rotatable bonds is 4. The predicted octanol–water partition coefficient (Wildman–Crippen LogP) is 4.05. The van der Waals surface area contributed by atoms with Crippen LogP contribution in [0.1, 0.15) is 34.5 Å². The van der Waals surface area contributed by atoms with Gasteiger partial charge in [0.1, 0.15) is 0 Å². The van der Waals surface area contributed by atoms with Crippen LogP contribution in [0.25, 0.3) is 10.9 Å². The number of piperidine rings is 1. The summed E-state index contributed by atoms with van der Waals surface area (Å²) in [6.07, 6.45) is 3.17. The highest BCUT2D eigenvalue weighted by molar-refractivity contribution is 6.03. The third-order valence-corrected chi connectivity index (χ3v) is 7.10. The second-order valence-corrected chi connectivity index (χ2v) is 9.30. The van der Waals surface area contributed by atoms with Gasteiger partial charge < -0.3 is 14.5 Å². The van der Waals surface area contributed by atoms with Gasteiger partial charge in [0.2, 0.25) is 0 Å². The highest BCUT2D eigenvalue weighted by Crippen LogP contribution is 2.41. The van der Waals surface area contributed by atoms with Crippen LogP contribution in [-0.4, -0.2) is 48.6 Å². The van der Waals surface area contributed by atoms with Crippen LogP contribution in [0.5, 0.6) is 0 Å². The fraction of sp³-hybridized carbons (Fsp3) is 0.385. The topological polar surface area (TPSA) is 45.7 Å². The largest absolute Gasteiger partial charge is 0.380 e. The molecule has 4 heterocycles. The average molecular weight is 414 g/mol. The molecule has 3 aromatic rings. The van der Waals surface area contributed by atoms with Crippen molar-refractivity contribution in [3.8, 4) is 0 Å². The molecule has 31 heavy (non-hydrogen) atoms. The molecule has 1 aromatic heterocycles. The zero-order valence-corrected chi connectivity index (χ0v) is 17.7. The van der Waals surface area contributed by atoms with E-state index in [1.165, 1.54) is 12.8 Å². The number of hydrogen-bond acceptors (Lipinski definition) is 4. The van der Waals surface area contributed by atoms with Crippen LogP contribution in [0.2, 0.25) is 0 Å². The third-order valence-electron chi connectivity index (χ3n) is 7.10. The fourth-order valence-corrected chi connectivity index (χ4v) is 5.38. The molecule has 0 aliphatic carbocycles. The first-order valence-electron chi connectivity index (χ1n) is 11.3. The molecule has 0 N–H and O–H groups in total. The molecule has 6 rings (SSSR count). The van der Waals surface area contributed by atoms with Crippen molar-refractivity contribution in [2.45, 2.75) is 25.8 Å². The Labute approximate surface area is 182 Å². The summed E-state index contributed by atoms with van der Waals surface area (Å²) in [5, 5.41) is 1.15. The van der Waals surface area contributed by atoms with Gasteiger partial charge in [-0.25, -0.2) is 0 Å². The lowest BCUT2D eigenvalue weighted by Gasteiger charge is -2.49. The van der Waals surface area contributed by atoms with Crippen molar-refractivity contribution in [3.05, 3.63) is 71.4 Å². The van der Waals surface area contributed by atoms with Crippen LogP contribution < -0.4 is 4.90 Å². The maximum absolute atomic E-state index is 13.4. The van der Waals surface area contributed by atoms with Gasteiger partial charge in [-0.3, -0.25) is 9.78 Å². The molecule has 3 aliphatic rings. The van der Waals surface area contributed by atoms with Gasteiger partial charge in [0.15, 0.2) is 0 Å². The van der Waals surface area contributed by atoms with E-state index < -0.39 is 0 Å². The van der Waals surface area contributed by atoms with Gasteiger partial charge in [-0.15, -0.1) is 0 Å². The van der Waals surface area contributed by atoms with Gasteiger partial charge in [0.25, 0.3) is 5.91 Å². The Hall–Kier alpha value is -2.92. The quantitative estimate of drug-likeness (QED) is 0.647. The number of anilines is 1. The van der Waals surface area contributed by atoms with E-state index in [4.69, 9.17) is 9.72 Å². The average Bonchev–Trinajstić information content (AvgIpc) is 3.12. The molecule has 0 bridgehead atoms. The molecule has 0 unspecified atom stereocenters. The highest BCUT2D eigenvalue weighted by Gasteiger charge is 2.43. The smallest absolute Gasteiger partial charge is 0.256 e. The number of para-hydroxylation sites is 1. The lowest BCUT2D eigenvalue weighted by atomic mass is 9.78. The first kappa shape index (κ1) is 18.8. The zero-order chi connectivity index (χ0) is 20.8. The molecule has 2 fully saturated rings. The van der Waals surface area contributed by atoms with Crippen LogP contribution in [-0.2, 0) is 17.7 Å². The molecule has 5 heteroatoms. The van der Waals surface area contributed by atoms with Gasteiger partial charge in [-0.2, -0.15) is 0 Å². The molecular weight excluding hydrogens is 386 g/mol. The number of fused-ring (bicyclic) bond motifs is 2. The van der Waals surface area contributed by atoms with Crippen molar-refractivity contribution in [2.24, 2.45) is 5.41 Å². The Morgan fingerprint density at radius 3 is 2.81 bits per heavy atom. The summed E-state index contributed by atoms with van der Waals surface area (Å²) in [6, 6.07) is 18.7. The van der Waals surface area contributed by atoms with Gasteiger partial charge in [0.05, 0.1) is 24.3 Å².